The summed E-state index contributed by atoms with van der Waals surface area (Å²) in [5.41, 5.74) is -0.390. The number of aromatic nitrogens is 1. The summed E-state index contributed by atoms with van der Waals surface area (Å²) in [4.78, 5) is 34.6. The minimum Gasteiger partial charge on any atom is -0.393 e. The Morgan fingerprint density at radius 1 is 1.15 bits per heavy atom. The van der Waals surface area contributed by atoms with Gasteiger partial charge in [0.2, 0.25) is 5.91 Å². The first-order valence-electron chi connectivity index (χ1n) is 9.94. The Bertz CT molecular complexity index is 718. The summed E-state index contributed by atoms with van der Waals surface area (Å²) in [7, 11) is 0. The predicted octanol–water partition coefficient (Wildman–Crippen LogP) is 2.64. The number of halogens is 1. The minimum atomic E-state index is -0.729. The fourth-order valence-electron chi connectivity index (χ4n) is 5.03. The van der Waals surface area contributed by atoms with Crippen LogP contribution in [-0.4, -0.2) is 62.5 Å². The number of aliphatic hydroxyl groups excluding tert-OH is 1. The quantitative estimate of drug-likeness (QED) is 0.841. The number of piperidine rings is 1. The largest absolute Gasteiger partial charge is 0.393 e. The van der Waals surface area contributed by atoms with E-state index in [1.165, 1.54) is 6.20 Å². The van der Waals surface area contributed by atoms with E-state index in [-0.39, 0.29) is 24.0 Å². The number of hydrogen-bond donors (Lipinski definition) is 1. The molecule has 7 heteroatoms. The summed E-state index contributed by atoms with van der Waals surface area (Å²) in [6.45, 7) is 1.34. The Hall–Kier alpha value is -1.66. The van der Waals surface area contributed by atoms with Crippen molar-refractivity contribution in [3.63, 3.8) is 0 Å². The van der Waals surface area contributed by atoms with Gasteiger partial charge in [-0.05, 0) is 63.5 Å². The van der Waals surface area contributed by atoms with E-state index in [9.17, 15) is 14.7 Å². The van der Waals surface area contributed by atoms with Gasteiger partial charge in [-0.2, -0.15) is 0 Å². The third-order valence-corrected chi connectivity index (χ3v) is 6.66. The van der Waals surface area contributed by atoms with E-state index in [0.717, 1.165) is 57.9 Å². The topological polar surface area (TPSA) is 73.7 Å². The van der Waals surface area contributed by atoms with Crippen molar-refractivity contribution in [3.8, 4) is 0 Å². The van der Waals surface area contributed by atoms with Crippen LogP contribution in [0.3, 0.4) is 0 Å². The van der Waals surface area contributed by atoms with Gasteiger partial charge >= 0.3 is 0 Å². The van der Waals surface area contributed by atoms with Crippen molar-refractivity contribution >= 4 is 23.4 Å². The highest BCUT2D eigenvalue weighted by molar-refractivity contribution is 6.30. The zero-order valence-corrected chi connectivity index (χ0v) is 16.2. The van der Waals surface area contributed by atoms with Crippen molar-refractivity contribution in [3.05, 3.63) is 29.0 Å². The Labute approximate surface area is 164 Å². The van der Waals surface area contributed by atoms with E-state index >= 15 is 0 Å². The van der Waals surface area contributed by atoms with Crippen molar-refractivity contribution in [1.29, 1.82) is 0 Å². The Kier molecular flexibility index (Phi) is 5.12. The first-order chi connectivity index (χ1) is 13.0. The first kappa shape index (κ1) is 18.7. The third-order valence-electron chi connectivity index (χ3n) is 6.44. The van der Waals surface area contributed by atoms with Gasteiger partial charge < -0.3 is 14.9 Å². The van der Waals surface area contributed by atoms with E-state index < -0.39 is 5.54 Å². The molecule has 2 aliphatic heterocycles. The zero-order valence-electron chi connectivity index (χ0n) is 15.4. The fourth-order valence-corrected chi connectivity index (χ4v) is 5.15. The molecule has 1 aromatic heterocycles. The molecule has 4 rings (SSSR count). The molecular formula is C20H26ClN3O3. The zero-order chi connectivity index (χ0) is 19.0. The highest BCUT2D eigenvalue weighted by Gasteiger charge is 2.54. The molecule has 3 aliphatic rings. The van der Waals surface area contributed by atoms with Gasteiger partial charge in [-0.1, -0.05) is 11.6 Å². The SMILES string of the molecule is O=C(c1ccc(Cl)cn1)N1CCCC12CCCN(C1CCC(O)CC1)C2=O. The molecule has 2 amide bonds. The van der Waals surface area contributed by atoms with E-state index in [2.05, 4.69) is 4.98 Å². The van der Waals surface area contributed by atoms with Gasteiger partial charge in [0.25, 0.3) is 5.91 Å². The predicted molar refractivity (Wildman–Crippen MR) is 101 cm³/mol. The molecule has 6 nitrogen and oxygen atoms in total. The molecule has 0 bridgehead atoms. The van der Waals surface area contributed by atoms with Gasteiger partial charge in [0.1, 0.15) is 11.2 Å². The number of carbonyl (C=O) groups excluding carboxylic acids is 2. The Morgan fingerprint density at radius 2 is 1.85 bits per heavy atom. The maximum Gasteiger partial charge on any atom is 0.273 e. The Balaban J connectivity index is 1.57. The molecule has 1 unspecified atom stereocenters. The number of likely N-dealkylation sites (tertiary alicyclic amines) is 2. The summed E-state index contributed by atoms with van der Waals surface area (Å²) in [6, 6.07) is 3.47. The molecule has 2 saturated heterocycles. The number of hydrogen-bond acceptors (Lipinski definition) is 4. The maximum absolute atomic E-state index is 13.6. The molecular weight excluding hydrogens is 366 g/mol. The number of nitrogens with zero attached hydrogens (tertiary/aromatic N) is 3. The lowest BCUT2D eigenvalue weighted by Gasteiger charge is -2.48. The molecule has 1 atom stereocenters. The lowest BCUT2D eigenvalue weighted by molar-refractivity contribution is -0.149. The van der Waals surface area contributed by atoms with Gasteiger partial charge in [0.05, 0.1) is 11.1 Å². The van der Waals surface area contributed by atoms with Crippen LogP contribution in [0.5, 0.6) is 0 Å². The van der Waals surface area contributed by atoms with Crippen LogP contribution in [0.15, 0.2) is 18.3 Å². The second-order valence-corrected chi connectivity index (χ2v) is 8.45. The molecule has 1 aromatic rings. The van der Waals surface area contributed by atoms with Crippen LogP contribution >= 0.6 is 11.6 Å². The highest BCUT2D eigenvalue weighted by Crippen LogP contribution is 2.41. The van der Waals surface area contributed by atoms with Crippen LogP contribution in [0.2, 0.25) is 5.02 Å². The van der Waals surface area contributed by atoms with E-state index in [0.29, 0.717) is 17.3 Å². The third kappa shape index (κ3) is 3.34. The average molecular weight is 392 g/mol. The van der Waals surface area contributed by atoms with Crippen LogP contribution in [0.4, 0.5) is 0 Å². The highest BCUT2D eigenvalue weighted by atomic mass is 35.5. The van der Waals surface area contributed by atoms with Gasteiger partial charge in [-0.3, -0.25) is 9.59 Å². The smallest absolute Gasteiger partial charge is 0.273 e. The van der Waals surface area contributed by atoms with E-state index in [4.69, 9.17) is 11.6 Å². The summed E-state index contributed by atoms with van der Waals surface area (Å²) < 4.78 is 0. The molecule has 0 radical (unpaired) electrons. The van der Waals surface area contributed by atoms with Crippen LogP contribution in [-0.2, 0) is 4.79 Å². The second-order valence-electron chi connectivity index (χ2n) is 8.02. The first-order valence-corrected chi connectivity index (χ1v) is 10.3. The molecule has 3 fully saturated rings. The molecule has 27 heavy (non-hydrogen) atoms. The summed E-state index contributed by atoms with van der Waals surface area (Å²) in [6.07, 6.45) is 7.59. The van der Waals surface area contributed by atoms with E-state index in [1.54, 1.807) is 17.0 Å². The molecule has 1 aliphatic carbocycles. The van der Waals surface area contributed by atoms with Gasteiger partial charge in [0.15, 0.2) is 0 Å². The number of amides is 2. The molecule has 146 valence electrons. The lowest BCUT2D eigenvalue weighted by Crippen LogP contribution is -2.63. The molecule has 1 saturated carbocycles. The number of aliphatic hydroxyl groups is 1. The standard InChI is InChI=1S/C20H26ClN3O3/c21-14-3-8-17(22-13-14)18(26)24-12-2-10-20(24)9-1-11-23(19(20)27)15-4-6-16(25)7-5-15/h3,8,13,15-16,25H,1-2,4-7,9-12H2. The Morgan fingerprint density at radius 3 is 2.52 bits per heavy atom. The van der Waals surface area contributed by atoms with Crippen LogP contribution in [0, 0.1) is 0 Å². The van der Waals surface area contributed by atoms with Crippen molar-refractivity contribution in [1.82, 2.24) is 14.8 Å². The average Bonchev–Trinajstić information content (AvgIpc) is 3.09. The summed E-state index contributed by atoms with van der Waals surface area (Å²) in [5, 5.41) is 10.3. The number of carbonyl (C=O) groups is 2. The second kappa shape index (κ2) is 7.40. The van der Waals surface area contributed by atoms with Crippen LogP contribution < -0.4 is 0 Å². The number of rotatable bonds is 2. The van der Waals surface area contributed by atoms with Crippen LogP contribution in [0.1, 0.15) is 61.9 Å². The van der Waals surface area contributed by atoms with Crippen molar-refractivity contribution in [2.24, 2.45) is 0 Å². The molecule has 0 aromatic carbocycles. The van der Waals surface area contributed by atoms with Crippen LogP contribution in [0.25, 0.3) is 0 Å². The lowest BCUT2D eigenvalue weighted by atomic mass is 9.82. The monoisotopic (exact) mass is 391 g/mol. The number of pyridine rings is 1. The molecule has 1 N–H and O–H groups in total. The molecule has 3 heterocycles. The van der Waals surface area contributed by atoms with Gasteiger partial charge in [0, 0.05) is 25.3 Å². The van der Waals surface area contributed by atoms with Crippen molar-refractivity contribution in [2.45, 2.75) is 69.1 Å². The summed E-state index contributed by atoms with van der Waals surface area (Å²) >= 11 is 5.89. The normalized spacial score (nSPS) is 31.6. The van der Waals surface area contributed by atoms with Crippen molar-refractivity contribution < 1.29 is 14.7 Å². The van der Waals surface area contributed by atoms with Gasteiger partial charge in [-0.25, -0.2) is 4.98 Å². The van der Waals surface area contributed by atoms with E-state index in [1.807, 2.05) is 4.90 Å². The maximum atomic E-state index is 13.6. The van der Waals surface area contributed by atoms with Gasteiger partial charge in [-0.15, -0.1) is 0 Å². The minimum absolute atomic E-state index is 0.0925. The van der Waals surface area contributed by atoms with Crippen molar-refractivity contribution in [2.75, 3.05) is 13.1 Å². The molecule has 1 spiro atoms. The fraction of sp³-hybridized carbons (Fsp3) is 0.650. The summed E-state index contributed by atoms with van der Waals surface area (Å²) in [5.74, 6) is -0.0895.